The van der Waals surface area contributed by atoms with Crippen molar-refractivity contribution in [1.82, 2.24) is 4.90 Å². The lowest BCUT2D eigenvalue weighted by Crippen LogP contribution is -2.48. The van der Waals surface area contributed by atoms with Crippen LogP contribution in [-0.4, -0.2) is 35.2 Å². The smallest absolute Gasteiger partial charge is 0.122 e. The van der Waals surface area contributed by atoms with E-state index >= 15 is 0 Å². The zero-order valence-corrected chi connectivity index (χ0v) is 12.6. The van der Waals surface area contributed by atoms with Crippen molar-refractivity contribution in [3.63, 3.8) is 0 Å². The van der Waals surface area contributed by atoms with Gasteiger partial charge >= 0.3 is 0 Å². The van der Waals surface area contributed by atoms with E-state index in [2.05, 4.69) is 24.8 Å². The van der Waals surface area contributed by atoms with Crippen LogP contribution in [0.25, 0.3) is 0 Å². The monoisotopic (exact) mass is 275 g/mol. The molecule has 2 unspecified atom stereocenters. The second kappa shape index (κ2) is 5.38. The molecule has 0 aromatic heterocycles. The zero-order valence-electron chi connectivity index (χ0n) is 12.6. The number of benzene rings is 1. The maximum absolute atomic E-state index is 10.9. The number of hydrogen-bond acceptors (Lipinski definition) is 3. The molecule has 0 aliphatic carbocycles. The summed E-state index contributed by atoms with van der Waals surface area (Å²) in [5.41, 5.74) is 2.11. The van der Waals surface area contributed by atoms with Crippen molar-refractivity contribution in [3.05, 3.63) is 29.3 Å². The third kappa shape index (κ3) is 2.23. The van der Waals surface area contributed by atoms with E-state index in [1.54, 1.807) is 0 Å². The maximum atomic E-state index is 10.9. The maximum Gasteiger partial charge on any atom is 0.122 e. The number of ether oxygens (including phenoxy) is 1. The molecule has 0 saturated carbocycles. The topological polar surface area (TPSA) is 32.7 Å². The first-order chi connectivity index (χ1) is 9.65. The number of nitrogens with zero attached hydrogens (tertiary/aromatic N) is 1. The Kier molecular flexibility index (Phi) is 3.74. The molecule has 2 aliphatic heterocycles. The van der Waals surface area contributed by atoms with E-state index < -0.39 is 6.10 Å². The third-order valence-corrected chi connectivity index (χ3v) is 5.16. The van der Waals surface area contributed by atoms with Crippen molar-refractivity contribution in [2.45, 2.75) is 51.2 Å². The zero-order chi connectivity index (χ0) is 14.2. The minimum absolute atomic E-state index is 0.163. The lowest BCUT2D eigenvalue weighted by atomic mass is 9.84. The Bertz CT molecular complexity index is 482. The molecule has 2 atom stereocenters. The Morgan fingerprint density at radius 2 is 2.10 bits per heavy atom. The Morgan fingerprint density at radius 3 is 2.80 bits per heavy atom. The molecule has 1 fully saturated rings. The summed E-state index contributed by atoms with van der Waals surface area (Å²) < 4.78 is 5.55. The van der Waals surface area contributed by atoms with E-state index in [4.69, 9.17) is 4.74 Å². The number of rotatable bonds is 4. The fourth-order valence-corrected chi connectivity index (χ4v) is 3.55. The second-order valence-corrected chi connectivity index (χ2v) is 6.27. The lowest BCUT2D eigenvalue weighted by molar-refractivity contribution is -0.0140. The Morgan fingerprint density at radius 1 is 1.35 bits per heavy atom. The van der Waals surface area contributed by atoms with Crippen LogP contribution in [0.1, 0.15) is 50.3 Å². The largest absolute Gasteiger partial charge is 0.493 e. The minimum Gasteiger partial charge on any atom is -0.493 e. The van der Waals surface area contributed by atoms with Crippen LogP contribution in [-0.2, 0) is 6.42 Å². The molecule has 2 aliphatic rings. The average molecular weight is 275 g/mol. The summed E-state index contributed by atoms with van der Waals surface area (Å²) in [5, 5.41) is 10.9. The molecule has 2 heterocycles. The van der Waals surface area contributed by atoms with Crippen LogP contribution in [0.3, 0.4) is 0 Å². The number of aliphatic hydroxyl groups excluding tert-OH is 1. The molecule has 1 aromatic carbocycles. The first-order valence-corrected chi connectivity index (χ1v) is 7.84. The fourth-order valence-electron chi connectivity index (χ4n) is 3.55. The highest BCUT2D eigenvalue weighted by Gasteiger charge is 2.39. The van der Waals surface area contributed by atoms with Gasteiger partial charge in [0.1, 0.15) is 5.75 Å². The van der Waals surface area contributed by atoms with Gasteiger partial charge in [-0.3, -0.25) is 4.90 Å². The van der Waals surface area contributed by atoms with Gasteiger partial charge in [-0.05, 0) is 62.5 Å². The van der Waals surface area contributed by atoms with E-state index in [0.29, 0.717) is 0 Å². The predicted octanol–water partition coefficient (Wildman–Crippen LogP) is 2.92. The van der Waals surface area contributed by atoms with Crippen LogP contribution in [0.4, 0.5) is 0 Å². The third-order valence-electron chi connectivity index (χ3n) is 5.16. The van der Waals surface area contributed by atoms with Gasteiger partial charge in [-0.2, -0.15) is 0 Å². The molecule has 1 saturated heterocycles. The first kappa shape index (κ1) is 13.9. The summed E-state index contributed by atoms with van der Waals surface area (Å²) in [6.07, 6.45) is 3.99. The van der Waals surface area contributed by atoms with E-state index in [-0.39, 0.29) is 5.54 Å². The van der Waals surface area contributed by atoms with Crippen LogP contribution in [0.15, 0.2) is 18.2 Å². The van der Waals surface area contributed by atoms with E-state index in [9.17, 15) is 5.11 Å². The van der Waals surface area contributed by atoms with Crippen LogP contribution >= 0.6 is 0 Å². The van der Waals surface area contributed by atoms with Gasteiger partial charge in [0.05, 0.1) is 12.7 Å². The summed E-state index contributed by atoms with van der Waals surface area (Å²) in [6, 6.07) is 6.18. The molecule has 1 N–H and O–H groups in total. The summed E-state index contributed by atoms with van der Waals surface area (Å²) in [7, 11) is 0. The number of aliphatic hydroxyl groups is 1. The van der Waals surface area contributed by atoms with Gasteiger partial charge in [0.2, 0.25) is 0 Å². The molecule has 0 bridgehead atoms. The normalized spacial score (nSPS) is 23.1. The Balaban J connectivity index is 1.87. The van der Waals surface area contributed by atoms with Crippen LogP contribution in [0.5, 0.6) is 5.75 Å². The molecule has 0 radical (unpaired) electrons. The van der Waals surface area contributed by atoms with Crippen LogP contribution in [0.2, 0.25) is 0 Å². The summed E-state index contributed by atoms with van der Waals surface area (Å²) in [5.74, 6) is 0.986. The van der Waals surface area contributed by atoms with E-state index in [0.717, 1.165) is 43.9 Å². The number of hydrogen-bond donors (Lipinski definition) is 1. The van der Waals surface area contributed by atoms with Crippen LogP contribution in [0, 0.1) is 0 Å². The van der Waals surface area contributed by atoms with Gasteiger partial charge < -0.3 is 9.84 Å². The SMILES string of the molecule is CCC(C)(C(O)c1ccc2c(c1)CCO2)N1CCCC1. The minimum atomic E-state index is -0.434. The number of fused-ring (bicyclic) bond motifs is 1. The van der Waals surface area contributed by atoms with Crippen molar-refractivity contribution in [1.29, 1.82) is 0 Å². The van der Waals surface area contributed by atoms with Crippen molar-refractivity contribution >= 4 is 0 Å². The quantitative estimate of drug-likeness (QED) is 0.917. The van der Waals surface area contributed by atoms with Crippen molar-refractivity contribution in [3.8, 4) is 5.75 Å². The van der Waals surface area contributed by atoms with Gasteiger partial charge in [-0.1, -0.05) is 13.0 Å². The lowest BCUT2D eigenvalue weighted by Gasteiger charge is -2.42. The molecule has 20 heavy (non-hydrogen) atoms. The second-order valence-electron chi connectivity index (χ2n) is 6.27. The van der Waals surface area contributed by atoms with Gasteiger partial charge in [0, 0.05) is 12.0 Å². The molecular formula is C17H25NO2. The highest BCUT2D eigenvalue weighted by Crippen LogP contribution is 2.38. The van der Waals surface area contributed by atoms with Crippen molar-refractivity contribution < 1.29 is 9.84 Å². The van der Waals surface area contributed by atoms with Crippen LogP contribution < -0.4 is 4.74 Å². The van der Waals surface area contributed by atoms with Gasteiger partial charge in [0.15, 0.2) is 0 Å². The van der Waals surface area contributed by atoms with E-state index in [1.165, 1.54) is 18.4 Å². The Labute approximate surface area is 121 Å². The summed E-state index contributed by atoms with van der Waals surface area (Å²) in [4.78, 5) is 2.46. The molecular weight excluding hydrogens is 250 g/mol. The number of likely N-dealkylation sites (tertiary alicyclic amines) is 1. The predicted molar refractivity (Wildman–Crippen MR) is 80.1 cm³/mol. The summed E-state index contributed by atoms with van der Waals surface area (Å²) in [6.45, 7) is 7.36. The highest BCUT2D eigenvalue weighted by atomic mass is 16.5. The average Bonchev–Trinajstić information content (AvgIpc) is 3.15. The van der Waals surface area contributed by atoms with Gasteiger partial charge in [-0.15, -0.1) is 0 Å². The molecule has 3 rings (SSSR count). The van der Waals surface area contributed by atoms with Gasteiger partial charge in [0.25, 0.3) is 0 Å². The fraction of sp³-hybridized carbons (Fsp3) is 0.647. The highest BCUT2D eigenvalue weighted by molar-refractivity contribution is 5.41. The van der Waals surface area contributed by atoms with E-state index in [1.807, 2.05) is 12.1 Å². The molecule has 1 aromatic rings. The van der Waals surface area contributed by atoms with Gasteiger partial charge in [-0.25, -0.2) is 0 Å². The molecule has 0 spiro atoms. The first-order valence-electron chi connectivity index (χ1n) is 7.84. The Hall–Kier alpha value is -1.06. The standard InChI is InChI=1S/C17H25NO2/c1-3-17(2,18-9-4-5-10-18)16(19)14-6-7-15-13(12-14)8-11-20-15/h6-7,12,16,19H,3-5,8-11H2,1-2H3. The molecule has 3 nitrogen and oxygen atoms in total. The molecule has 110 valence electrons. The van der Waals surface area contributed by atoms with Crippen molar-refractivity contribution in [2.75, 3.05) is 19.7 Å². The molecule has 3 heteroatoms. The van der Waals surface area contributed by atoms with Crippen molar-refractivity contribution in [2.24, 2.45) is 0 Å². The molecule has 0 amide bonds. The summed E-state index contributed by atoms with van der Waals surface area (Å²) >= 11 is 0.